The summed E-state index contributed by atoms with van der Waals surface area (Å²) in [5.41, 5.74) is -0.816. The Morgan fingerprint density at radius 1 is 0.893 bits per heavy atom. The number of hydrogen-bond donors (Lipinski definition) is 0. The van der Waals surface area contributed by atoms with Gasteiger partial charge in [-0.1, -0.05) is 38.0 Å². The molecule has 0 bridgehead atoms. The van der Waals surface area contributed by atoms with Crippen LogP contribution in [0.4, 0.5) is 0 Å². The summed E-state index contributed by atoms with van der Waals surface area (Å²) < 4.78 is 20.1. The lowest BCUT2D eigenvalue weighted by atomic mass is 9.79. The van der Waals surface area contributed by atoms with E-state index >= 15 is 0 Å². The van der Waals surface area contributed by atoms with E-state index in [0.29, 0.717) is 0 Å². The molecule has 0 aromatic rings. The number of carbonyl (C=O) groups is 4. The maximum atomic E-state index is 12.7. The lowest BCUT2D eigenvalue weighted by Gasteiger charge is -2.23. The van der Waals surface area contributed by atoms with Crippen molar-refractivity contribution >= 4 is 23.9 Å². The van der Waals surface area contributed by atoms with E-state index in [1.165, 1.54) is 18.2 Å². The van der Waals surface area contributed by atoms with Crippen LogP contribution >= 0.6 is 0 Å². The van der Waals surface area contributed by atoms with Crippen LogP contribution in [0.15, 0.2) is 60.3 Å². The Morgan fingerprint density at radius 3 is 1.93 bits per heavy atom. The van der Waals surface area contributed by atoms with Gasteiger partial charge < -0.3 is 18.9 Å². The van der Waals surface area contributed by atoms with Gasteiger partial charge in [-0.3, -0.25) is 0 Å². The van der Waals surface area contributed by atoms with Gasteiger partial charge in [0.25, 0.3) is 0 Å². The van der Waals surface area contributed by atoms with Crippen LogP contribution in [0.5, 0.6) is 0 Å². The smallest absolute Gasteiger partial charge is 0.339 e. The molecule has 1 aliphatic carbocycles. The Balaban J connectivity index is 2.62. The van der Waals surface area contributed by atoms with Crippen molar-refractivity contribution in [2.24, 2.45) is 5.92 Å². The monoisotopic (exact) mass is 388 g/mol. The van der Waals surface area contributed by atoms with Crippen LogP contribution in [0.1, 0.15) is 6.42 Å². The number of esters is 4. The van der Waals surface area contributed by atoms with E-state index in [9.17, 15) is 19.2 Å². The third-order valence-electron chi connectivity index (χ3n) is 3.97. The van der Waals surface area contributed by atoms with E-state index in [-0.39, 0.29) is 55.1 Å². The number of hydrogen-bond acceptors (Lipinski definition) is 8. The molecular formula is C20H20O8. The molecule has 2 aliphatic rings. The van der Waals surface area contributed by atoms with E-state index < -0.39 is 29.8 Å². The predicted molar refractivity (Wildman–Crippen MR) is 96.6 cm³/mol. The fraction of sp³-hybridized carbons (Fsp3) is 0.300. The minimum atomic E-state index is -0.971. The van der Waals surface area contributed by atoms with Crippen molar-refractivity contribution < 1.29 is 38.1 Å². The normalized spacial score (nSPS) is 18.0. The van der Waals surface area contributed by atoms with Gasteiger partial charge in [-0.15, -0.1) is 0 Å². The van der Waals surface area contributed by atoms with E-state index in [0.717, 1.165) is 0 Å². The summed E-state index contributed by atoms with van der Waals surface area (Å²) in [6.45, 7) is 9.92. The SMILES string of the molecule is C=CCOC(=O)C1=C(C(=O)OCC=C)C(C(=O)OCC=C)=C2C(=O)OCC2C1. The molecule has 0 radical (unpaired) electrons. The molecule has 1 saturated heterocycles. The molecule has 28 heavy (non-hydrogen) atoms. The zero-order valence-electron chi connectivity index (χ0n) is 15.2. The van der Waals surface area contributed by atoms with Crippen LogP contribution < -0.4 is 0 Å². The van der Waals surface area contributed by atoms with Crippen molar-refractivity contribution in [3.63, 3.8) is 0 Å². The molecule has 1 unspecified atom stereocenters. The second-order valence-electron chi connectivity index (χ2n) is 5.80. The highest BCUT2D eigenvalue weighted by molar-refractivity contribution is 6.17. The summed E-state index contributed by atoms with van der Waals surface area (Å²) in [5.74, 6) is -4.08. The molecular weight excluding hydrogens is 368 g/mol. The molecule has 0 aromatic carbocycles. The summed E-state index contributed by atoms with van der Waals surface area (Å²) >= 11 is 0. The second kappa shape index (κ2) is 9.50. The molecule has 8 heteroatoms. The Kier molecular flexibility index (Phi) is 7.08. The lowest BCUT2D eigenvalue weighted by molar-refractivity contribution is -0.143. The van der Waals surface area contributed by atoms with Gasteiger partial charge >= 0.3 is 23.9 Å². The number of rotatable bonds is 9. The molecule has 1 fully saturated rings. The highest BCUT2D eigenvalue weighted by atomic mass is 16.6. The molecule has 0 spiro atoms. The largest absolute Gasteiger partial charge is 0.462 e. The zero-order chi connectivity index (χ0) is 20.7. The standard InChI is InChI=1S/C20H20O8/c1-4-7-25-17(21)13-10-12-11-28-18(22)14(12)16(20(24)27-9-6-3)15(13)19(23)26-8-5-2/h4-6,12H,1-3,7-11H2. The van der Waals surface area contributed by atoms with Gasteiger partial charge in [0.2, 0.25) is 0 Å². The number of fused-ring (bicyclic) bond motifs is 1. The van der Waals surface area contributed by atoms with Crippen molar-refractivity contribution in [3.8, 4) is 0 Å². The minimum Gasteiger partial charge on any atom is -0.462 e. The molecule has 2 rings (SSSR count). The van der Waals surface area contributed by atoms with Crippen LogP contribution in [0.2, 0.25) is 0 Å². The first kappa shape index (κ1) is 20.9. The first-order valence-electron chi connectivity index (χ1n) is 8.45. The predicted octanol–water partition coefficient (Wildman–Crippen LogP) is 1.34. The van der Waals surface area contributed by atoms with Crippen molar-refractivity contribution in [2.75, 3.05) is 26.4 Å². The van der Waals surface area contributed by atoms with Crippen LogP contribution in [0.3, 0.4) is 0 Å². The molecule has 1 atom stereocenters. The maximum absolute atomic E-state index is 12.7. The van der Waals surface area contributed by atoms with Crippen molar-refractivity contribution in [2.45, 2.75) is 6.42 Å². The van der Waals surface area contributed by atoms with Gasteiger partial charge in [0.05, 0.1) is 28.9 Å². The molecule has 1 heterocycles. The summed E-state index contributed by atoms with van der Waals surface area (Å²) in [7, 11) is 0. The quantitative estimate of drug-likeness (QED) is 0.331. The molecule has 0 saturated carbocycles. The third-order valence-corrected chi connectivity index (χ3v) is 3.97. The van der Waals surface area contributed by atoms with Crippen LogP contribution in [-0.4, -0.2) is 50.3 Å². The number of ether oxygens (including phenoxy) is 4. The average Bonchev–Trinajstić information content (AvgIpc) is 3.07. The van der Waals surface area contributed by atoms with E-state index in [2.05, 4.69) is 19.7 Å². The lowest BCUT2D eigenvalue weighted by Crippen LogP contribution is -2.30. The van der Waals surface area contributed by atoms with Crippen molar-refractivity contribution in [1.29, 1.82) is 0 Å². The minimum absolute atomic E-state index is 0.0140. The molecule has 148 valence electrons. The topological polar surface area (TPSA) is 105 Å². The summed E-state index contributed by atoms with van der Waals surface area (Å²) in [4.78, 5) is 50.0. The van der Waals surface area contributed by atoms with Gasteiger partial charge in [0.15, 0.2) is 0 Å². The zero-order valence-corrected chi connectivity index (χ0v) is 15.2. The number of carbonyl (C=O) groups excluding carboxylic acids is 4. The highest BCUT2D eigenvalue weighted by Crippen LogP contribution is 2.40. The molecule has 0 aromatic heterocycles. The van der Waals surface area contributed by atoms with Gasteiger partial charge in [0.1, 0.15) is 19.8 Å². The Labute approximate surface area is 161 Å². The van der Waals surface area contributed by atoms with Gasteiger partial charge in [0, 0.05) is 5.92 Å². The fourth-order valence-electron chi connectivity index (χ4n) is 2.86. The first-order chi connectivity index (χ1) is 13.5. The molecule has 1 aliphatic heterocycles. The van der Waals surface area contributed by atoms with Gasteiger partial charge in [-0.25, -0.2) is 19.2 Å². The van der Waals surface area contributed by atoms with E-state index in [4.69, 9.17) is 18.9 Å². The molecule has 8 nitrogen and oxygen atoms in total. The fourth-order valence-corrected chi connectivity index (χ4v) is 2.86. The Bertz CT molecular complexity index is 799. The molecule has 0 amide bonds. The average molecular weight is 388 g/mol. The van der Waals surface area contributed by atoms with Crippen molar-refractivity contribution in [1.82, 2.24) is 0 Å². The van der Waals surface area contributed by atoms with Gasteiger partial charge in [-0.2, -0.15) is 0 Å². The van der Waals surface area contributed by atoms with Crippen LogP contribution in [-0.2, 0) is 38.1 Å². The maximum Gasteiger partial charge on any atom is 0.339 e. The Hall–Kier alpha value is -3.42. The van der Waals surface area contributed by atoms with Crippen LogP contribution in [0.25, 0.3) is 0 Å². The summed E-state index contributed by atoms with van der Waals surface area (Å²) in [5, 5.41) is 0. The summed E-state index contributed by atoms with van der Waals surface area (Å²) in [6.07, 6.45) is 4.00. The van der Waals surface area contributed by atoms with Gasteiger partial charge in [-0.05, 0) is 6.42 Å². The Morgan fingerprint density at radius 2 is 1.39 bits per heavy atom. The van der Waals surface area contributed by atoms with E-state index in [1.54, 1.807) is 0 Å². The number of cyclic esters (lactones) is 1. The van der Waals surface area contributed by atoms with E-state index in [1.807, 2.05) is 0 Å². The first-order valence-corrected chi connectivity index (χ1v) is 8.45. The molecule has 0 N–H and O–H groups in total. The summed E-state index contributed by atoms with van der Waals surface area (Å²) in [6, 6.07) is 0. The van der Waals surface area contributed by atoms with Crippen molar-refractivity contribution in [3.05, 3.63) is 60.3 Å². The second-order valence-corrected chi connectivity index (χ2v) is 5.80. The highest BCUT2D eigenvalue weighted by Gasteiger charge is 2.46. The third kappa shape index (κ3) is 4.28. The van der Waals surface area contributed by atoms with Crippen LogP contribution in [0, 0.1) is 5.92 Å².